The monoisotopic (exact) mass is 274 g/mol. The van der Waals surface area contributed by atoms with Gasteiger partial charge in [-0.2, -0.15) is 8.42 Å². The van der Waals surface area contributed by atoms with Crippen molar-refractivity contribution in [2.24, 2.45) is 0 Å². The molecule has 0 unspecified atom stereocenters. The molecule has 0 aromatic heterocycles. The van der Waals surface area contributed by atoms with Gasteiger partial charge in [-0.25, -0.2) is 8.42 Å². The first-order valence-corrected chi connectivity index (χ1v) is 7.93. The molecule has 0 rings (SSSR count). The Hall–Kier alpha value is -0.670. The van der Waals surface area contributed by atoms with Crippen LogP contribution in [0.5, 0.6) is 0 Å². The van der Waals surface area contributed by atoms with E-state index in [0.29, 0.717) is 0 Å². The lowest BCUT2D eigenvalue weighted by atomic mass is 10.4. The molecule has 9 heteroatoms. The second-order valence-electron chi connectivity index (χ2n) is 3.29. The van der Waals surface area contributed by atoms with Gasteiger partial charge in [0.2, 0.25) is 0 Å². The molecule has 0 fully saturated rings. The molecule has 0 saturated carbocycles. The fourth-order valence-corrected chi connectivity index (χ4v) is 2.85. The second-order valence-corrected chi connectivity index (χ2v) is 7.16. The molecule has 0 aliphatic rings. The lowest BCUT2D eigenvalue weighted by molar-refractivity contribution is -0.136. The number of sulfone groups is 1. The standard InChI is InChI=1S/C7H14O7S2/c8-7(9)3-6-15(10,11)4-1-2-5-16(12,13)14/h1-6H2,(H,8,9)(H,12,13,14). The van der Waals surface area contributed by atoms with Crippen molar-refractivity contribution in [3.63, 3.8) is 0 Å². The molecule has 96 valence electrons. The minimum atomic E-state index is -4.06. The van der Waals surface area contributed by atoms with Crippen LogP contribution in [0.25, 0.3) is 0 Å². The summed E-state index contributed by atoms with van der Waals surface area (Å²) in [6.07, 6.45) is -0.340. The highest BCUT2D eigenvalue weighted by molar-refractivity contribution is 7.91. The van der Waals surface area contributed by atoms with E-state index in [4.69, 9.17) is 9.66 Å². The largest absolute Gasteiger partial charge is 0.481 e. The quantitative estimate of drug-likeness (QED) is 0.453. The molecule has 16 heavy (non-hydrogen) atoms. The fraction of sp³-hybridized carbons (Fsp3) is 0.857. The highest BCUT2D eigenvalue weighted by Crippen LogP contribution is 2.01. The second kappa shape index (κ2) is 6.16. The summed E-state index contributed by atoms with van der Waals surface area (Å²) in [4.78, 5) is 10.1. The van der Waals surface area contributed by atoms with Gasteiger partial charge in [-0.05, 0) is 12.8 Å². The smallest absolute Gasteiger partial charge is 0.304 e. The van der Waals surface area contributed by atoms with Crippen molar-refractivity contribution in [2.45, 2.75) is 19.3 Å². The van der Waals surface area contributed by atoms with Crippen molar-refractivity contribution >= 4 is 25.9 Å². The van der Waals surface area contributed by atoms with Gasteiger partial charge in [0.05, 0.1) is 23.7 Å². The lowest BCUT2D eigenvalue weighted by Crippen LogP contribution is -2.15. The molecule has 0 aromatic rings. The van der Waals surface area contributed by atoms with E-state index >= 15 is 0 Å². The van der Waals surface area contributed by atoms with Gasteiger partial charge in [0.15, 0.2) is 9.84 Å². The maximum absolute atomic E-state index is 11.2. The molecular formula is C7H14O7S2. The van der Waals surface area contributed by atoms with Crippen LogP contribution >= 0.6 is 0 Å². The molecule has 0 spiro atoms. The summed E-state index contributed by atoms with van der Waals surface area (Å²) in [7, 11) is -7.51. The summed E-state index contributed by atoms with van der Waals surface area (Å²) in [5, 5.41) is 8.28. The van der Waals surface area contributed by atoms with Crippen LogP contribution in [0.3, 0.4) is 0 Å². The van der Waals surface area contributed by atoms with Crippen molar-refractivity contribution < 1.29 is 31.3 Å². The van der Waals surface area contributed by atoms with E-state index in [2.05, 4.69) is 0 Å². The molecule has 0 heterocycles. The first-order valence-electron chi connectivity index (χ1n) is 4.50. The van der Waals surface area contributed by atoms with Crippen LogP contribution < -0.4 is 0 Å². The van der Waals surface area contributed by atoms with Crippen molar-refractivity contribution in [3.05, 3.63) is 0 Å². The zero-order valence-corrected chi connectivity index (χ0v) is 10.1. The highest BCUT2D eigenvalue weighted by Gasteiger charge is 2.13. The van der Waals surface area contributed by atoms with Gasteiger partial charge in [0.25, 0.3) is 10.1 Å². The van der Waals surface area contributed by atoms with Gasteiger partial charge in [-0.15, -0.1) is 0 Å². The number of rotatable bonds is 8. The van der Waals surface area contributed by atoms with Gasteiger partial charge in [-0.1, -0.05) is 0 Å². The van der Waals surface area contributed by atoms with E-state index in [1.807, 2.05) is 0 Å². The van der Waals surface area contributed by atoms with Gasteiger partial charge in [-0.3, -0.25) is 9.35 Å². The van der Waals surface area contributed by atoms with Crippen LogP contribution in [0.15, 0.2) is 0 Å². The van der Waals surface area contributed by atoms with E-state index in [1.54, 1.807) is 0 Å². The molecule has 0 aliphatic carbocycles. The molecule has 7 nitrogen and oxygen atoms in total. The summed E-state index contributed by atoms with van der Waals surface area (Å²) >= 11 is 0. The minimum Gasteiger partial charge on any atom is -0.481 e. The number of hydrogen-bond acceptors (Lipinski definition) is 5. The van der Waals surface area contributed by atoms with E-state index in [0.717, 1.165) is 0 Å². The Kier molecular flexibility index (Phi) is 5.90. The van der Waals surface area contributed by atoms with Gasteiger partial charge >= 0.3 is 5.97 Å². The Morgan fingerprint density at radius 2 is 1.44 bits per heavy atom. The van der Waals surface area contributed by atoms with Crippen LogP contribution in [0, 0.1) is 0 Å². The number of hydrogen-bond donors (Lipinski definition) is 2. The Bertz CT molecular complexity index is 420. The molecule has 0 amide bonds. The van der Waals surface area contributed by atoms with Crippen LogP contribution in [0.4, 0.5) is 0 Å². The minimum absolute atomic E-state index is 0.0329. The molecule has 0 saturated heterocycles. The fourth-order valence-electron chi connectivity index (χ4n) is 0.951. The number of aliphatic carboxylic acids is 1. The van der Waals surface area contributed by atoms with E-state index in [1.165, 1.54) is 0 Å². The molecule has 0 bridgehead atoms. The molecule has 0 aromatic carbocycles. The predicted molar refractivity (Wildman–Crippen MR) is 56.6 cm³/mol. The third-order valence-corrected chi connectivity index (χ3v) is 4.28. The lowest BCUT2D eigenvalue weighted by Gasteiger charge is -2.01. The molecule has 0 radical (unpaired) electrons. The maximum atomic E-state index is 11.2. The molecular weight excluding hydrogens is 260 g/mol. The van der Waals surface area contributed by atoms with Crippen LogP contribution in [0.2, 0.25) is 0 Å². The van der Waals surface area contributed by atoms with Crippen molar-refractivity contribution in [1.29, 1.82) is 0 Å². The maximum Gasteiger partial charge on any atom is 0.304 e. The van der Waals surface area contributed by atoms with Gasteiger partial charge in [0, 0.05) is 0 Å². The summed E-state index contributed by atoms with van der Waals surface area (Å²) in [5.74, 6) is -2.40. The normalized spacial score (nSPS) is 12.6. The third kappa shape index (κ3) is 9.87. The van der Waals surface area contributed by atoms with Crippen LogP contribution in [-0.4, -0.2) is 49.7 Å². The van der Waals surface area contributed by atoms with Crippen LogP contribution in [0.1, 0.15) is 19.3 Å². The summed E-state index contributed by atoms with van der Waals surface area (Å²) in [6.45, 7) is 0. The number of carbonyl (C=O) groups is 1. The third-order valence-electron chi connectivity index (χ3n) is 1.73. The van der Waals surface area contributed by atoms with Gasteiger partial charge < -0.3 is 5.11 Å². The topological polar surface area (TPSA) is 126 Å². The Balaban J connectivity index is 3.88. The van der Waals surface area contributed by atoms with E-state index < -0.39 is 43.9 Å². The summed E-state index contributed by atoms with van der Waals surface area (Å²) in [5.41, 5.74) is 0. The number of unbranched alkanes of at least 4 members (excludes halogenated alkanes) is 1. The number of carboxylic acid groups (broad SMARTS) is 1. The average molecular weight is 274 g/mol. The summed E-state index contributed by atoms with van der Waals surface area (Å²) < 4.78 is 51.3. The first kappa shape index (κ1) is 15.3. The van der Waals surface area contributed by atoms with Gasteiger partial charge in [0.1, 0.15) is 0 Å². The van der Waals surface area contributed by atoms with Crippen molar-refractivity contribution in [3.8, 4) is 0 Å². The predicted octanol–water partition coefficient (Wildman–Crippen LogP) is -0.456. The summed E-state index contributed by atoms with van der Waals surface area (Å²) in [6, 6.07) is 0. The van der Waals surface area contributed by atoms with E-state index in [-0.39, 0.29) is 18.6 Å². The molecule has 0 aliphatic heterocycles. The Labute approximate surface area is 94.1 Å². The zero-order chi connectivity index (χ0) is 12.8. The zero-order valence-electron chi connectivity index (χ0n) is 8.49. The average Bonchev–Trinajstić information content (AvgIpc) is 2.08. The molecule has 0 atom stereocenters. The Morgan fingerprint density at radius 1 is 0.938 bits per heavy atom. The SMILES string of the molecule is O=C(O)CCS(=O)(=O)CCCCS(=O)(=O)O. The van der Waals surface area contributed by atoms with Crippen molar-refractivity contribution in [2.75, 3.05) is 17.3 Å². The van der Waals surface area contributed by atoms with E-state index in [9.17, 15) is 21.6 Å². The highest BCUT2D eigenvalue weighted by atomic mass is 32.2. The first-order chi connectivity index (χ1) is 7.12. The van der Waals surface area contributed by atoms with Crippen LogP contribution in [-0.2, 0) is 24.7 Å². The molecule has 2 N–H and O–H groups in total. The Morgan fingerprint density at radius 3 is 1.88 bits per heavy atom. The van der Waals surface area contributed by atoms with Crippen molar-refractivity contribution in [1.82, 2.24) is 0 Å². The number of carboxylic acids is 1.